The van der Waals surface area contributed by atoms with Crippen LogP contribution in [-0.2, 0) is 22.6 Å². The molecule has 0 N–H and O–H groups in total. The molecule has 2 fully saturated rings. The first-order chi connectivity index (χ1) is 11.5. The molecule has 1 aromatic carbocycles. The summed E-state index contributed by atoms with van der Waals surface area (Å²) in [4.78, 5) is 5.06. The Kier molecular flexibility index (Phi) is 5.93. The maximum absolute atomic E-state index is 5.87. The van der Waals surface area contributed by atoms with Gasteiger partial charge in [0.15, 0.2) is 0 Å². The third-order valence-electron chi connectivity index (χ3n) is 4.90. The first-order valence-electron chi connectivity index (χ1n) is 9.32. The Morgan fingerprint density at radius 1 is 0.708 bits per heavy atom. The summed E-state index contributed by atoms with van der Waals surface area (Å²) in [6.07, 6.45) is 1.28. The first-order valence-corrected chi connectivity index (χ1v) is 9.32. The van der Waals surface area contributed by atoms with Crippen LogP contribution < -0.4 is 0 Å². The molecule has 0 saturated carbocycles. The van der Waals surface area contributed by atoms with Gasteiger partial charge in [-0.1, -0.05) is 24.3 Å². The zero-order valence-corrected chi connectivity index (χ0v) is 15.6. The van der Waals surface area contributed by atoms with Crippen LogP contribution in [0.2, 0.25) is 0 Å². The second-order valence-electron chi connectivity index (χ2n) is 7.67. The molecule has 134 valence electrons. The lowest BCUT2D eigenvalue weighted by atomic mass is 10.0. The second-order valence-corrected chi connectivity index (χ2v) is 7.67. The molecule has 2 saturated heterocycles. The number of benzene rings is 1. The van der Waals surface area contributed by atoms with Crippen molar-refractivity contribution >= 4 is 0 Å². The van der Waals surface area contributed by atoms with Crippen molar-refractivity contribution in [2.45, 2.75) is 65.2 Å². The highest BCUT2D eigenvalue weighted by molar-refractivity contribution is 5.27. The van der Waals surface area contributed by atoms with Crippen LogP contribution in [0.5, 0.6) is 0 Å². The van der Waals surface area contributed by atoms with Crippen molar-refractivity contribution in [1.82, 2.24) is 9.80 Å². The summed E-state index contributed by atoms with van der Waals surface area (Å²) in [6, 6.07) is 8.90. The van der Waals surface area contributed by atoms with Crippen LogP contribution in [0.1, 0.15) is 38.8 Å². The van der Waals surface area contributed by atoms with Gasteiger partial charge in [-0.15, -0.1) is 0 Å². The zero-order valence-electron chi connectivity index (χ0n) is 15.6. The minimum Gasteiger partial charge on any atom is -0.373 e. The fraction of sp³-hybridized carbons (Fsp3) is 0.700. The summed E-state index contributed by atoms with van der Waals surface area (Å²) in [5.41, 5.74) is 2.90. The standard InChI is InChI=1S/C20H32N2O2/c1-15-9-21(10-16(2)23-15)13-19-7-5-6-8-20(19)14-22-11-17(3)24-18(4)12-22/h5-8,15-18H,9-14H2,1-4H3/t15-,16+,17-,18+. The van der Waals surface area contributed by atoms with E-state index in [2.05, 4.69) is 61.8 Å². The van der Waals surface area contributed by atoms with Crippen LogP contribution in [-0.4, -0.2) is 60.4 Å². The van der Waals surface area contributed by atoms with Crippen LogP contribution in [0.15, 0.2) is 24.3 Å². The van der Waals surface area contributed by atoms with Crippen molar-refractivity contribution in [3.05, 3.63) is 35.4 Å². The maximum atomic E-state index is 5.87. The average molecular weight is 332 g/mol. The van der Waals surface area contributed by atoms with E-state index in [9.17, 15) is 0 Å². The zero-order chi connectivity index (χ0) is 17.1. The van der Waals surface area contributed by atoms with Crippen LogP contribution in [0, 0.1) is 0 Å². The molecule has 0 radical (unpaired) electrons. The van der Waals surface area contributed by atoms with Gasteiger partial charge in [0, 0.05) is 39.3 Å². The minimum absolute atomic E-state index is 0.321. The molecule has 2 aliphatic heterocycles. The van der Waals surface area contributed by atoms with E-state index in [1.807, 2.05) is 0 Å². The van der Waals surface area contributed by atoms with Gasteiger partial charge in [-0.05, 0) is 38.8 Å². The number of morpholine rings is 2. The summed E-state index contributed by atoms with van der Waals surface area (Å²) in [6.45, 7) is 14.8. The summed E-state index contributed by atoms with van der Waals surface area (Å²) < 4.78 is 11.7. The summed E-state index contributed by atoms with van der Waals surface area (Å²) in [7, 11) is 0. The third-order valence-corrected chi connectivity index (χ3v) is 4.90. The highest BCUT2D eigenvalue weighted by Crippen LogP contribution is 2.20. The Hall–Kier alpha value is -0.940. The van der Waals surface area contributed by atoms with Gasteiger partial charge in [-0.2, -0.15) is 0 Å². The van der Waals surface area contributed by atoms with Crippen molar-refractivity contribution in [1.29, 1.82) is 0 Å². The quantitative estimate of drug-likeness (QED) is 0.846. The number of ether oxygens (including phenoxy) is 2. The largest absolute Gasteiger partial charge is 0.373 e. The van der Waals surface area contributed by atoms with Gasteiger partial charge in [0.1, 0.15) is 0 Å². The van der Waals surface area contributed by atoms with Gasteiger partial charge >= 0.3 is 0 Å². The summed E-state index contributed by atoms with van der Waals surface area (Å²) in [5, 5.41) is 0. The summed E-state index contributed by atoms with van der Waals surface area (Å²) in [5.74, 6) is 0. The number of hydrogen-bond donors (Lipinski definition) is 0. The molecule has 4 atom stereocenters. The van der Waals surface area contributed by atoms with Gasteiger partial charge in [0.05, 0.1) is 24.4 Å². The van der Waals surface area contributed by atoms with Gasteiger partial charge in [-0.25, -0.2) is 0 Å². The van der Waals surface area contributed by atoms with Crippen LogP contribution in [0.3, 0.4) is 0 Å². The SMILES string of the molecule is C[C@@H]1CN(Cc2ccccc2CN2C[C@@H](C)O[C@@H](C)C2)C[C@H](C)O1. The van der Waals surface area contributed by atoms with Crippen molar-refractivity contribution in [3.63, 3.8) is 0 Å². The van der Waals surface area contributed by atoms with E-state index >= 15 is 0 Å². The third kappa shape index (κ3) is 4.79. The Bertz CT molecular complexity index is 469. The fourth-order valence-corrected chi connectivity index (χ4v) is 4.17. The number of nitrogens with zero attached hydrogens (tertiary/aromatic N) is 2. The lowest BCUT2D eigenvalue weighted by Gasteiger charge is -2.37. The lowest BCUT2D eigenvalue weighted by Crippen LogP contribution is -2.46. The molecule has 0 aliphatic carbocycles. The molecule has 3 rings (SSSR count). The highest BCUT2D eigenvalue weighted by Gasteiger charge is 2.25. The van der Waals surface area contributed by atoms with E-state index < -0.39 is 0 Å². The molecule has 4 heteroatoms. The molecule has 0 bridgehead atoms. The van der Waals surface area contributed by atoms with E-state index in [0.29, 0.717) is 24.4 Å². The smallest absolute Gasteiger partial charge is 0.0678 e. The molecule has 24 heavy (non-hydrogen) atoms. The first kappa shape index (κ1) is 17.9. The predicted octanol–water partition coefficient (Wildman–Crippen LogP) is 2.91. The topological polar surface area (TPSA) is 24.9 Å². The van der Waals surface area contributed by atoms with Crippen LogP contribution in [0.25, 0.3) is 0 Å². The Morgan fingerprint density at radius 2 is 1.04 bits per heavy atom. The van der Waals surface area contributed by atoms with Gasteiger partial charge in [-0.3, -0.25) is 9.80 Å². The van der Waals surface area contributed by atoms with E-state index in [1.165, 1.54) is 11.1 Å². The Morgan fingerprint density at radius 3 is 1.38 bits per heavy atom. The molecular formula is C20H32N2O2. The van der Waals surface area contributed by atoms with Gasteiger partial charge < -0.3 is 9.47 Å². The molecule has 0 amide bonds. The molecule has 1 aromatic rings. The van der Waals surface area contributed by atoms with Crippen molar-refractivity contribution in [3.8, 4) is 0 Å². The highest BCUT2D eigenvalue weighted by atomic mass is 16.5. The van der Waals surface area contributed by atoms with Crippen LogP contribution in [0.4, 0.5) is 0 Å². The van der Waals surface area contributed by atoms with E-state index in [-0.39, 0.29) is 0 Å². The monoisotopic (exact) mass is 332 g/mol. The van der Waals surface area contributed by atoms with Gasteiger partial charge in [0.25, 0.3) is 0 Å². The predicted molar refractivity (Wildman–Crippen MR) is 97.0 cm³/mol. The Labute approximate surface area is 146 Å². The van der Waals surface area contributed by atoms with E-state index in [1.54, 1.807) is 0 Å². The number of hydrogen-bond acceptors (Lipinski definition) is 4. The Balaban J connectivity index is 1.66. The normalized spacial score (nSPS) is 32.8. The van der Waals surface area contributed by atoms with Crippen molar-refractivity contribution < 1.29 is 9.47 Å². The summed E-state index contributed by atoms with van der Waals surface area (Å²) >= 11 is 0. The average Bonchev–Trinajstić information content (AvgIpc) is 2.47. The maximum Gasteiger partial charge on any atom is 0.0678 e. The molecule has 0 aromatic heterocycles. The molecule has 2 aliphatic rings. The van der Waals surface area contributed by atoms with Gasteiger partial charge in [0.2, 0.25) is 0 Å². The van der Waals surface area contributed by atoms with E-state index in [4.69, 9.17) is 9.47 Å². The molecule has 2 heterocycles. The molecular weight excluding hydrogens is 300 g/mol. The van der Waals surface area contributed by atoms with Crippen molar-refractivity contribution in [2.24, 2.45) is 0 Å². The van der Waals surface area contributed by atoms with E-state index in [0.717, 1.165) is 39.3 Å². The van der Waals surface area contributed by atoms with Crippen molar-refractivity contribution in [2.75, 3.05) is 26.2 Å². The fourth-order valence-electron chi connectivity index (χ4n) is 4.17. The second kappa shape index (κ2) is 7.96. The minimum atomic E-state index is 0.321. The van der Waals surface area contributed by atoms with Crippen LogP contribution >= 0.6 is 0 Å². The number of rotatable bonds is 4. The lowest BCUT2D eigenvalue weighted by molar-refractivity contribution is -0.0725. The molecule has 0 unspecified atom stereocenters. The molecule has 0 spiro atoms. The molecule has 4 nitrogen and oxygen atoms in total.